The molecule has 0 aliphatic heterocycles. The summed E-state index contributed by atoms with van der Waals surface area (Å²) in [6.07, 6.45) is 4.66. The molecule has 0 heterocycles. The highest BCUT2D eigenvalue weighted by Gasteiger charge is 2.66. The number of ether oxygens (including phenoxy) is 1. The van der Waals surface area contributed by atoms with Gasteiger partial charge in [-0.1, -0.05) is 19.4 Å². The van der Waals surface area contributed by atoms with E-state index in [0.717, 1.165) is 24.8 Å². The molecule has 4 aliphatic rings. The summed E-state index contributed by atoms with van der Waals surface area (Å²) >= 11 is 0. The molecule has 6 nitrogen and oxygen atoms in total. The van der Waals surface area contributed by atoms with Gasteiger partial charge in [0.2, 0.25) is 0 Å². The van der Waals surface area contributed by atoms with Gasteiger partial charge in [0, 0.05) is 19.3 Å². The van der Waals surface area contributed by atoms with E-state index in [-0.39, 0.29) is 46.8 Å². The summed E-state index contributed by atoms with van der Waals surface area (Å²) in [5.41, 5.74) is 0.447. The third-order valence-electron chi connectivity index (χ3n) is 8.72. The van der Waals surface area contributed by atoms with Crippen molar-refractivity contribution >= 4 is 17.5 Å². The summed E-state index contributed by atoms with van der Waals surface area (Å²) in [4.78, 5) is 36.6. The van der Waals surface area contributed by atoms with Crippen molar-refractivity contribution in [2.45, 2.75) is 71.5 Å². The molecular formula is C23H32O6. The zero-order valence-electron chi connectivity index (χ0n) is 17.5. The van der Waals surface area contributed by atoms with Crippen molar-refractivity contribution in [3.8, 4) is 0 Å². The van der Waals surface area contributed by atoms with E-state index < -0.39 is 24.0 Å². The van der Waals surface area contributed by atoms with Crippen molar-refractivity contribution in [1.29, 1.82) is 0 Å². The minimum absolute atomic E-state index is 0.0766. The maximum atomic E-state index is 12.5. The van der Waals surface area contributed by atoms with E-state index in [1.165, 1.54) is 6.92 Å². The molecule has 0 saturated heterocycles. The van der Waals surface area contributed by atoms with E-state index in [0.29, 0.717) is 19.3 Å². The van der Waals surface area contributed by atoms with Gasteiger partial charge < -0.3 is 14.9 Å². The lowest BCUT2D eigenvalue weighted by molar-refractivity contribution is -0.176. The standard InChI is InChI=1S/C23H32O6/c1-12(25)29-19-10-23(3)16(9-17(27)21(23)18(28)11-24)15-5-4-13-8-14(26)6-7-22(13,2)20(15)19/h8,15-17,19-21,24,27H,4-7,9-11H2,1-3H3/t15-,16-,17+,19-,20+,21?,22-,23-/m0/s1. The largest absolute Gasteiger partial charge is 0.462 e. The third kappa shape index (κ3) is 3.02. The highest BCUT2D eigenvalue weighted by Crippen LogP contribution is 2.67. The number of Topliss-reactive ketones (excluding diaryl/α,β-unsaturated/α-hetero) is 1. The molecule has 29 heavy (non-hydrogen) atoms. The normalized spacial score (nSPS) is 46.2. The lowest BCUT2D eigenvalue weighted by Crippen LogP contribution is -2.58. The van der Waals surface area contributed by atoms with Gasteiger partial charge in [0.05, 0.1) is 12.0 Å². The summed E-state index contributed by atoms with van der Waals surface area (Å²) in [5, 5.41) is 20.3. The van der Waals surface area contributed by atoms with Crippen LogP contribution in [0.3, 0.4) is 0 Å². The van der Waals surface area contributed by atoms with Crippen molar-refractivity contribution < 1.29 is 29.3 Å². The molecule has 4 aliphatic carbocycles. The Kier molecular flexibility index (Phi) is 5.02. The minimum Gasteiger partial charge on any atom is -0.462 e. The quantitative estimate of drug-likeness (QED) is 0.700. The fourth-order valence-electron chi connectivity index (χ4n) is 7.67. The van der Waals surface area contributed by atoms with Crippen LogP contribution in [-0.2, 0) is 19.1 Å². The first-order valence-electron chi connectivity index (χ1n) is 10.8. The van der Waals surface area contributed by atoms with Gasteiger partial charge in [0.1, 0.15) is 12.7 Å². The molecule has 0 spiro atoms. The average Bonchev–Trinajstić information content (AvgIpc) is 2.91. The molecule has 0 aromatic carbocycles. The first-order valence-corrected chi connectivity index (χ1v) is 10.8. The summed E-state index contributed by atoms with van der Waals surface area (Å²) in [7, 11) is 0. The Labute approximate surface area is 171 Å². The van der Waals surface area contributed by atoms with Gasteiger partial charge in [-0.2, -0.15) is 0 Å². The number of ketones is 2. The van der Waals surface area contributed by atoms with E-state index in [1.54, 1.807) is 6.08 Å². The van der Waals surface area contributed by atoms with Gasteiger partial charge in [0.25, 0.3) is 0 Å². The zero-order valence-corrected chi connectivity index (χ0v) is 17.5. The van der Waals surface area contributed by atoms with Crippen LogP contribution < -0.4 is 0 Å². The molecule has 1 unspecified atom stereocenters. The van der Waals surface area contributed by atoms with Crippen LogP contribution >= 0.6 is 0 Å². The second-order valence-electron chi connectivity index (χ2n) is 10.2. The van der Waals surface area contributed by atoms with Crippen LogP contribution in [-0.4, -0.2) is 46.6 Å². The number of esters is 1. The highest BCUT2D eigenvalue weighted by atomic mass is 16.5. The van der Waals surface area contributed by atoms with Crippen molar-refractivity contribution in [1.82, 2.24) is 0 Å². The van der Waals surface area contributed by atoms with Gasteiger partial charge in [-0.05, 0) is 60.8 Å². The molecule has 0 aromatic rings. The Morgan fingerprint density at radius 2 is 2.00 bits per heavy atom. The fraction of sp³-hybridized carbons (Fsp3) is 0.783. The molecule has 0 radical (unpaired) electrons. The van der Waals surface area contributed by atoms with E-state index in [2.05, 4.69) is 6.92 Å². The average molecular weight is 405 g/mol. The van der Waals surface area contributed by atoms with Gasteiger partial charge in [-0.3, -0.25) is 14.4 Å². The van der Waals surface area contributed by atoms with E-state index in [1.807, 2.05) is 6.92 Å². The van der Waals surface area contributed by atoms with Crippen LogP contribution in [0.5, 0.6) is 0 Å². The summed E-state index contributed by atoms with van der Waals surface area (Å²) in [5.74, 6) is -0.711. The number of allylic oxidation sites excluding steroid dienone is 1. The first kappa shape index (κ1) is 20.7. The minimum atomic E-state index is -0.779. The topological polar surface area (TPSA) is 101 Å². The SMILES string of the molecule is CC(=O)O[C@H]1C[C@]2(C)C(C(=O)CO)[C@H](O)C[C@H]2[C@@H]2CCC3=CC(=O)CC[C@]3(C)[C@H]21. The van der Waals surface area contributed by atoms with Gasteiger partial charge in [0.15, 0.2) is 11.6 Å². The zero-order chi connectivity index (χ0) is 21.1. The van der Waals surface area contributed by atoms with Crippen LogP contribution in [0, 0.1) is 34.5 Å². The molecule has 0 bridgehead atoms. The maximum absolute atomic E-state index is 12.5. The number of aliphatic hydroxyl groups excluding tert-OH is 2. The van der Waals surface area contributed by atoms with E-state index >= 15 is 0 Å². The molecule has 2 N–H and O–H groups in total. The maximum Gasteiger partial charge on any atom is 0.302 e. The smallest absolute Gasteiger partial charge is 0.302 e. The Hall–Kier alpha value is -1.53. The van der Waals surface area contributed by atoms with Crippen molar-refractivity contribution in [2.75, 3.05) is 6.61 Å². The van der Waals surface area contributed by atoms with Crippen LogP contribution in [0.15, 0.2) is 11.6 Å². The number of carbonyl (C=O) groups is 3. The lowest BCUT2D eigenvalue weighted by atomic mass is 9.46. The number of hydrogen-bond donors (Lipinski definition) is 2. The predicted molar refractivity (Wildman–Crippen MR) is 105 cm³/mol. The summed E-state index contributed by atoms with van der Waals surface area (Å²) in [6, 6.07) is 0. The van der Waals surface area contributed by atoms with Crippen LogP contribution in [0.2, 0.25) is 0 Å². The van der Waals surface area contributed by atoms with Crippen LogP contribution in [0.4, 0.5) is 0 Å². The monoisotopic (exact) mass is 404 g/mol. The Bertz CT molecular complexity index is 771. The molecule has 8 atom stereocenters. The summed E-state index contributed by atoms with van der Waals surface area (Å²) < 4.78 is 5.87. The fourth-order valence-corrected chi connectivity index (χ4v) is 7.67. The molecular weight excluding hydrogens is 372 g/mol. The predicted octanol–water partition coefficient (Wildman–Crippen LogP) is 2.21. The number of fused-ring (bicyclic) bond motifs is 5. The molecule has 4 rings (SSSR count). The second-order valence-corrected chi connectivity index (χ2v) is 10.2. The Morgan fingerprint density at radius 1 is 1.28 bits per heavy atom. The second kappa shape index (κ2) is 7.02. The van der Waals surface area contributed by atoms with Gasteiger partial charge in [-0.15, -0.1) is 0 Å². The Balaban J connectivity index is 1.78. The molecule has 160 valence electrons. The molecule has 6 heteroatoms. The number of rotatable bonds is 3. The summed E-state index contributed by atoms with van der Waals surface area (Å²) in [6.45, 7) is 5.05. The first-order chi connectivity index (χ1) is 13.6. The van der Waals surface area contributed by atoms with Crippen molar-refractivity contribution in [3.63, 3.8) is 0 Å². The molecule has 0 aromatic heterocycles. The highest BCUT2D eigenvalue weighted by molar-refractivity contribution is 5.91. The van der Waals surface area contributed by atoms with Crippen molar-refractivity contribution in [2.24, 2.45) is 34.5 Å². The molecule has 0 amide bonds. The van der Waals surface area contributed by atoms with Gasteiger partial charge in [-0.25, -0.2) is 0 Å². The number of hydrogen-bond acceptors (Lipinski definition) is 6. The number of aliphatic hydroxyl groups is 2. The van der Waals surface area contributed by atoms with Crippen molar-refractivity contribution in [3.05, 3.63) is 11.6 Å². The van der Waals surface area contributed by atoms with Crippen LogP contribution in [0.1, 0.15) is 59.3 Å². The molecule has 3 saturated carbocycles. The van der Waals surface area contributed by atoms with Gasteiger partial charge >= 0.3 is 5.97 Å². The Morgan fingerprint density at radius 3 is 2.66 bits per heavy atom. The lowest BCUT2D eigenvalue weighted by Gasteiger charge is -2.60. The molecule has 3 fully saturated rings. The van der Waals surface area contributed by atoms with Crippen LogP contribution in [0.25, 0.3) is 0 Å². The third-order valence-corrected chi connectivity index (χ3v) is 8.72. The number of carbonyl (C=O) groups excluding carboxylic acids is 3. The van der Waals surface area contributed by atoms with E-state index in [9.17, 15) is 24.6 Å². The van der Waals surface area contributed by atoms with E-state index in [4.69, 9.17) is 4.74 Å².